The lowest BCUT2D eigenvalue weighted by Gasteiger charge is -2.20. The van der Waals surface area contributed by atoms with E-state index in [4.69, 9.17) is 0 Å². The van der Waals surface area contributed by atoms with Crippen LogP contribution in [-0.4, -0.2) is 31.4 Å². The highest BCUT2D eigenvalue weighted by Crippen LogP contribution is 2.22. The molecule has 0 radical (unpaired) electrons. The summed E-state index contributed by atoms with van der Waals surface area (Å²) in [5.74, 6) is 0.460. The lowest BCUT2D eigenvalue weighted by Crippen LogP contribution is -2.29. The second-order valence-electron chi connectivity index (χ2n) is 5.46. The monoisotopic (exact) mass is 299 g/mol. The average Bonchev–Trinajstić information content (AvgIpc) is 2.43. The highest BCUT2D eigenvalue weighted by atomic mass is 32.2. The van der Waals surface area contributed by atoms with E-state index in [0.717, 1.165) is 12.0 Å². The van der Waals surface area contributed by atoms with Gasteiger partial charge in [-0.2, -0.15) is 0 Å². The summed E-state index contributed by atoms with van der Waals surface area (Å²) in [4.78, 5) is 0.317. The zero-order valence-corrected chi connectivity index (χ0v) is 13.6. The number of benzene rings is 1. The molecule has 1 aromatic rings. The predicted octanol–water partition coefficient (Wildman–Crippen LogP) is 2.41. The molecule has 20 heavy (non-hydrogen) atoms. The largest absolute Gasteiger partial charge is 0.392 e. The van der Waals surface area contributed by atoms with Gasteiger partial charge in [0, 0.05) is 13.6 Å². The molecule has 0 saturated carbocycles. The molecule has 1 aromatic carbocycles. The highest BCUT2D eigenvalue weighted by Gasteiger charge is 2.23. The van der Waals surface area contributed by atoms with Crippen LogP contribution in [0.3, 0.4) is 0 Å². The molecule has 0 fully saturated rings. The van der Waals surface area contributed by atoms with Gasteiger partial charge < -0.3 is 5.11 Å². The SMILES string of the molecule is CCc1ccc(CO)cc1S(=O)(=O)N(C)CCC(C)C. The van der Waals surface area contributed by atoms with Crippen molar-refractivity contribution in [1.82, 2.24) is 4.31 Å². The van der Waals surface area contributed by atoms with Crippen molar-refractivity contribution < 1.29 is 13.5 Å². The normalized spacial score (nSPS) is 12.3. The topological polar surface area (TPSA) is 57.6 Å². The van der Waals surface area contributed by atoms with E-state index in [1.54, 1.807) is 25.2 Å². The first-order valence-corrected chi connectivity index (χ1v) is 8.45. The molecule has 0 aliphatic carbocycles. The minimum absolute atomic E-state index is 0.151. The molecule has 1 rings (SSSR count). The lowest BCUT2D eigenvalue weighted by atomic mass is 10.1. The maximum Gasteiger partial charge on any atom is 0.243 e. The van der Waals surface area contributed by atoms with Crippen molar-refractivity contribution >= 4 is 10.0 Å². The summed E-state index contributed by atoms with van der Waals surface area (Å²) < 4.78 is 26.7. The Hall–Kier alpha value is -0.910. The number of hydrogen-bond donors (Lipinski definition) is 1. The Morgan fingerprint density at radius 2 is 1.95 bits per heavy atom. The van der Waals surface area contributed by atoms with Crippen molar-refractivity contribution in [3.8, 4) is 0 Å². The summed E-state index contributed by atoms with van der Waals surface area (Å²) in [5, 5.41) is 9.20. The molecule has 0 heterocycles. The molecular weight excluding hydrogens is 274 g/mol. The molecule has 0 saturated heterocycles. The Kier molecular flexibility index (Phi) is 6.17. The first-order chi connectivity index (χ1) is 9.32. The summed E-state index contributed by atoms with van der Waals surface area (Å²) in [6, 6.07) is 5.14. The van der Waals surface area contributed by atoms with E-state index in [-0.39, 0.29) is 6.61 Å². The van der Waals surface area contributed by atoms with Gasteiger partial charge in [0.15, 0.2) is 0 Å². The molecule has 0 aliphatic heterocycles. The van der Waals surface area contributed by atoms with Crippen molar-refractivity contribution in [2.75, 3.05) is 13.6 Å². The van der Waals surface area contributed by atoms with Crippen molar-refractivity contribution in [2.24, 2.45) is 5.92 Å². The van der Waals surface area contributed by atoms with Crippen LogP contribution < -0.4 is 0 Å². The van der Waals surface area contributed by atoms with Gasteiger partial charge in [-0.15, -0.1) is 0 Å². The molecule has 0 atom stereocenters. The van der Waals surface area contributed by atoms with Gasteiger partial charge in [0.2, 0.25) is 10.0 Å². The van der Waals surface area contributed by atoms with E-state index in [1.807, 2.05) is 6.92 Å². The third-order valence-corrected chi connectivity index (χ3v) is 5.34. The molecule has 0 bridgehead atoms. The van der Waals surface area contributed by atoms with Gasteiger partial charge in [-0.1, -0.05) is 32.9 Å². The second kappa shape index (κ2) is 7.20. The molecule has 0 unspecified atom stereocenters. The van der Waals surface area contributed by atoms with Crippen molar-refractivity contribution in [1.29, 1.82) is 0 Å². The fraction of sp³-hybridized carbons (Fsp3) is 0.600. The minimum atomic E-state index is -3.49. The Bertz CT molecular complexity index is 538. The zero-order chi connectivity index (χ0) is 15.3. The van der Waals surface area contributed by atoms with E-state index < -0.39 is 10.0 Å². The number of hydrogen-bond acceptors (Lipinski definition) is 3. The van der Waals surface area contributed by atoms with Crippen molar-refractivity contribution in [3.05, 3.63) is 29.3 Å². The minimum Gasteiger partial charge on any atom is -0.392 e. The first kappa shape index (κ1) is 17.1. The van der Waals surface area contributed by atoms with Crippen LogP contribution in [-0.2, 0) is 23.1 Å². The molecule has 114 valence electrons. The van der Waals surface area contributed by atoms with Crippen LogP contribution in [0.2, 0.25) is 0 Å². The van der Waals surface area contributed by atoms with E-state index in [1.165, 1.54) is 4.31 Å². The van der Waals surface area contributed by atoms with Crippen LogP contribution in [0.15, 0.2) is 23.1 Å². The number of rotatable bonds is 7. The Labute approximate surface area is 122 Å². The Morgan fingerprint density at radius 1 is 1.30 bits per heavy atom. The molecule has 0 aliphatic rings. The molecular formula is C15H25NO3S. The maximum absolute atomic E-state index is 12.6. The molecule has 0 spiro atoms. The van der Waals surface area contributed by atoms with Crippen molar-refractivity contribution in [2.45, 2.75) is 45.1 Å². The van der Waals surface area contributed by atoms with Crippen LogP contribution in [0.1, 0.15) is 38.3 Å². The van der Waals surface area contributed by atoms with Gasteiger partial charge in [0.25, 0.3) is 0 Å². The summed E-state index contributed by atoms with van der Waals surface area (Å²) in [7, 11) is -1.87. The Balaban J connectivity index is 3.13. The Morgan fingerprint density at radius 3 is 2.45 bits per heavy atom. The standard InChI is InChI=1S/C15H25NO3S/c1-5-14-7-6-13(11-17)10-15(14)20(18,19)16(4)9-8-12(2)3/h6-7,10,12,17H,5,8-9,11H2,1-4H3. The summed E-state index contributed by atoms with van der Waals surface area (Å²) in [6.45, 7) is 6.43. The fourth-order valence-corrected chi connectivity index (χ4v) is 3.48. The first-order valence-electron chi connectivity index (χ1n) is 7.01. The lowest BCUT2D eigenvalue weighted by molar-refractivity contribution is 0.281. The fourth-order valence-electron chi connectivity index (χ4n) is 1.96. The highest BCUT2D eigenvalue weighted by molar-refractivity contribution is 7.89. The quantitative estimate of drug-likeness (QED) is 0.841. The number of nitrogens with zero attached hydrogens (tertiary/aromatic N) is 1. The smallest absolute Gasteiger partial charge is 0.243 e. The molecule has 0 amide bonds. The second-order valence-corrected chi connectivity index (χ2v) is 7.48. The average molecular weight is 299 g/mol. The van der Waals surface area contributed by atoms with Crippen LogP contribution in [0.5, 0.6) is 0 Å². The number of aliphatic hydroxyl groups is 1. The molecule has 4 nitrogen and oxygen atoms in total. The summed E-state index contributed by atoms with van der Waals surface area (Å²) in [6.07, 6.45) is 1.48. The number of aliphatic hydroxyl groups excluding tert-OH is 1. The van der Waals surface area contributed by atoms with Crippen LogP contribution in [0.25, 0.3) is 0 Å². The zero-order valence-electron chi connectivity index (χ0n) is 12.8. The van der Waals surface area contributed by atoms with E-state index in [0.29, 0.717) is 29.3 Å². The predicted molar refractivity (Wildman–Crippen MR) is 81.0 cm³/mol. The van der Waals surface area contributed by atoms with Crippen LogP contribution in [0.4, 0.5) is 0 Å². The molecule has 1 N–H and O–H groups in total. The van der Waals surface area contributed by atoms with Gasteiger partial charge >= 0.3 is 0 Å². The van der Waals surface area contributed by atoms with Crippen LogP contribution in [0, 0.1) is 5.92 Å². The number of sulfonamides is 1. The van der Waals surface area contributed by atoms with Gasteiger partial charge in [-0.3, -0.25) is 0 Å². The van der Waals surface area contributed by atoms with Crippen molar-refractivity contribution in [3.63, 3.8) is 0 Å². The summed E-state index contributed by atoms with van der Waals surface area (Å²) in [5.41, 5.74) is 1.41. The van der Waals surface area contributed by atoms with Gasteiger partial charge in [0.05, 0.1) is 11.5 Å². The molecule has 5 heteroatoms. The third-order valence-electron chi connectivity index (χ3n) is 3.40. The number of aryl methyl sites for hydroxylation is 1. The van der Waals surface area contributed by atoms with E-state index in [9.17, 15) is 13.5 Å². The van der Waals surface area contributed by atoms with E-state index in [2.05, 4.69) is 13.8 Å². The van der Waals surface area contributed by atoms with Gasteiger partial charge in [-0.05, 0) is 36.0 Å². The molecule has 0 aromatic heterocycles. The maximum atomic E-state index is 12.6. The third kappa shape index (κ3) is 4.04. The summed E-state index contributed by atoms with van der Waals surface area (Å²) >= 11 is 0. The van der Waals surface area contributed by atoms with Gasteiger partial charge in [0.1, 0.15) is 0 Å². The van der Waals surface area contributed by atoms with Gasteiger partial charge in [-0.25, -0.2) is 12.7 Å². The van der Waals surface area contributed by atoms with E-state index >= 15 is 0 Å². The van der Waals surface area contributed by atoms with Crippen LogP contribution >= 0.6 is 0 Å².